The maximum atomic E-state index is 13.5. The number of carbonyl (C=O) groups excluding carboxylic acids is 1. The molecule has 0 atom stereocenters. The highest BCUT2D eigenvalue weighted by Crippen LogP contribution is 2.13. The van der Waals surface area contributed by atoms with Crippen LogP contribution in [0, 0.1) is 5.82 Å². The Kier molecular flexibility index (Phi) is 6.55. The molecular formula is C20H25FN4O. The first-order valence-electron chi connectivity index (χ1n) is 9.11. The molecule has 1 fully saturated rings. The van der Waals surface area contributed by atoms with Gasteiger partial charge in [0.1, 0.15) is 5.82 Å². The lowest BCUT2D eigenvalue weighted by molar-refractivity contribution is 0.185. The van der Waals surface area contributed by atoms with Gasteiger partial charge in [0.15, 0.2) is 0 Å². The van der Waals surface area contributed by atoms with Crippen molar-refractivity contribution in [1.29, 1.82) is 0 Å². The van der Waals surface area contributed by atoms with Gasteiger partial charge in [-0.1, -0.05) is 24.3 Å². The largest absolute Gasteiger partial charge is 0.338 e. The molecule has 3 rings (SSSR count). The third-order valence-electron chi connectivity index (χ3n) is 4.67. The maximum absolute atomic E-state index is 13.5. The van der Waals surface area contributed by atoms with E-state index in [1.54, 1.807) is 18.2 Å². The molecule has 6 heteroatoms. The lowest BCUT2D eigenvalue weighted by Crippen LogP contribution is -2.48. The summed E-state index contributed by atoms with van der Waals surface area (Å²) in [5.74, 6) is -0.227. The van der Waals surface area contributed by atoms with Gasteiger partial charge in [-0.15, -0.1) is 0 Å². The molecule has 2 heterocycles. The van der Waals surface area contributed by atoms with Gasteiger partial charge in [-0.25, -0.2) is 9.18 Å². The Hall–Kier alpha value is -2.47. The summed E-state index contributed by atoms with van der Waals surface area (Å²) >= 11 is 0. The fourth-order valence-electron chi connectivity index (χ4n) is 3.20. The third-order valence-corrected chi connectivity index (χ3v) is 4.67. The van der Waals surface area contributed by atoms with Crippen LogP contribution in [0.5, 0.6) is 0 Å². The molecule has 2 amide bonds. The minimum atomic E-state index is -0.227. The first-order valence-corrected chi connectivity index (χ1v) is 9.11. The SMILES string of the molecule is O=C(NCCc1ccccc1F)NC1CCN(Cc2ccccn2)CC1. The zero-order valence-electron chi connectivity index (χ0n) is 14.8. The normalized spacial score (nSPS) is 15.6. The van der Waals surface area contributed by atoms with Gasteiger partial charge in [0.25, 0.3) is 0 Å². The number of benzene rings is 1. The average molecular weight is 356 g/mol. The van der Waals surface area contributed by atoms with Crippen molar-refractivity contribution in [2.45, 2.75) is 31.8 Å². The Bertz CT molecular complexity index is 702. The molecule has 26 heavy (non-hydrogen) atoms. The van der Waals surface area contributed by atoms with E-state index in [4.69, 9.17) is 0 Å². The van der Waals surface area contributed by atoms with Gasteiger partial charge >= 0.3 is 6.03 Å². The van der Waals surface area contributed by atoms with Crippen LogP contribution in [-0.4, -0.2) is 41.6 Å². The molecule has 0 unspecified atom stereocenters. The van der Waals surface area contributed by atoms with Crippen LogP contribution >= 0.6 is 0 Å². The maximum Gasteiger partial charge on any atom is 0.315 e. The fourth-order valence-corrected chi connectivity index (χ4v) is 3.20. The van der Waals surface area contributed by atoms with Crippen LogP contribution in [-0.2, 0) is 13.0 Å². The molecule has 1 aromatic heterocycles. The number of rotatable bonds is 6. The smallest absolute Gasteiger partial charge is 0.315 e. The lowest BCUT2D eigenvalue weighted by atomic mass is 10.1. The first kappa shape index (κ1) is 18.3. The molecule has 2 N–H and O–H groups in total. The molecule has 0 aliphatic carbocycles. The molecule has 5 nitrogen and oxygen atoms in total. The highest BCUT2D eigenvalue weighted by Gasteiger charge is 2.20. The van der Waals surface area contributed by atoms with Crippen LogP contribution in [0.1, 0.15) is 24.1 Å². The van der Waals surface area contributed by atoms with E-state index in [1.807, 2.05) is 24.4 Å². The first-order chi connectivity index (χ1) is 12.7. The van der Waals surface area contributed by atoms with Gasteiger partial charge in [0.2, 0.25) is 0 Å². The van der Waals surface area contributed by atoms with Crippen molar-refractivity contribution in [2.24, 2.45) is 0 Å². The van der Waals surface area contributed by atoms with E-state index in [-0.39, 0.29) is 17.9 Å². The summed E-state index contributed by atoms with van der Waals surface area (Å²) < 4.78 is 13.5. The second kappa shape index (κ2) is 9.29. The Labute approximate surface area is 153 Å². The Morgan fingerprint density at radius 3 is 2.65 bits per heavy atom. The van der Waals surface area contributed by atoms with E-state index in [0.717, 1.165) is 38.2 Å². The number of carbonyl (C=O) groups is 1. The Balaban J connectivity index is 1.34. The van der Waals surface area contributed by atoms with E-state index in [2.05, 4.69) is 20.5 Å². The second-order valence-corrected chi connectivity index (χ2v) is 6.61. The van der Waals surface area contributed by atoms with Crippen LogP contribution in [0.15, 0.2) is 48.7 Å². The molecule has 0 spiro atoms. The predicted molar refractivity (Wildman–Crippen MR) is 99.2 cm³/mol. The van der Waals surface area contributed by atoms with Gasteiger partial charge in [-0.2, -0.15) is 0 Å². The van der Waals surface area contributed by atoms with Crippen LogP contribution in [0.3, 0.4) is 0 Å². The number of nitrogens with zero attached hydrogens (tertiary/aromatic N) is 2. The number of piperidine rings is 1. The summed E-state index contributed by atoms with van der Waals surface area (Å²) in [6.07, 6.45) is 4.15. The number of halogens is 1. The van der Waals surface area contributed by atoms with Gasteiger partial charge in [-0.3, -0.25) is 9.88 Å². The molecule has 0 saturated carbocycles. The van der Waals surface area contributed by atoms with Crippen molar-refractivity contribution < 1.29 is 9.18 Å². The third kappa shape index (κ3) is 5.52. The van der Waals surface area contributed by atoms with Crippen molar-refractivity contribution in [3.63, 3.8) is 0 Å². The number of amides is 2. The Morgan fingerprint density at radius 1 is 1.15 bits per heavy atom. The molecule has 0 radical (unpaired) electrons. The minimum Gasteiger partial charge on any atom is -0.338 e. The average Bonchev–Trinajstić information content (AvgIpc) is 2.66. The number of urea groups is 1. The van der Waals surface area contributed by atoms with Gasteiger partial charge < -0.3 is 10.6 Å². The van der Waals surface area contributed by atoms with Gasteiger partial charge in [0.05, 0.1) is 5.69 Å². The molecule has 1 aromatic carbocycles. The van der Waals surface area contributed by atoms with Crippen molar-refractivity contribution in [2.75, 3.05) is 19.6 Å². The van der Waals surface area contributed by atoms with Crippen LogP contribution < -0.4 is 10.6 Å². The summed E-state index contributed by atoms with van der Waals surface area (Å²) in [6.45, 7) is 3.15. The second-order valence-electron chi connectivity index (χ2n) is 6.61. The zero-order valence-corrected chi connectivity index (χ0v) is 14.8. The van der Waals surface area contributed by atoms with Crippen LogP contribution in [0.4, 0.5) is 9.18 Å². The number of pyridine rings is 1. The van der Waals surface area contributed by atoms with E-state index in [0.29, 0.717) is 18.5 Å². The number of aromatic nitrogens is 1. The van der Waals surface area contributed by atoms with Gasteiger partial charge in [0, 0.05) is 38.4 Å². The van der Waals surface area contributed by atoms with Crippen molar-refractivity contribution in [1.82, 2.24) is 20.5 Å². The predicted octanol–water partition coefficient (Wildman–Crippen LogP) is 2.73. The summed E-state index contributed by atoms with van der Waals surface area (Å²) in [6, 6.07) is 12.6. The number of hydrogen-bond acceptors (Lipinski definition) is 3. The van der Waals surface area contributed by atoms with Gasteiger partial charge in [-0.05, 0) is 43.0 Å². The molecule has 1 aliphatic rings. The highest BCUT2D eigenvalue weighted by molar-refractivity contribution is 5.74. The standard InChI is InChI=1S/C20H25FN4O/c21-19-7-2-1-5-16(19)8-12-23-20(26)24-17-9-13-25(14-10-17)15-18-6-3-4-11-22-18/h1-7,11,17H,8-10,12-15H2,(H2,23,24,26). The fraction of sp³-hybridized carbons (Fsp3) is 0.400. The number of hydrogen-bond donors (Lipinski definition) is 2. The topological polar surface area (TPSA) is 57.3 Å². The van der Waals surface area contributed by atoms with Crippen LogP contribution in [0.2, 0.25) is 0 Å². The molecule has 0 bridgehead atoms. The number of nitrogens with one attached hydrogen (secondary N) is 2. The molecule has 2 aromatic rings. The van der Waals surface area contributed by atoms with Crippen molar-refractivity contribution in [3.8, 4) is 0 Å². The molecular weight excluding hydrogens is 331 g/mol. The Morgan fingerprint density at radius 2 is 1.92 bits per heavy atom. The summed E-state index contributed by atoms with van der Waals surface area (Å²) in [7, 11) is 0. The monoisotopic (exact) mass is 356 g/mol. The molecule has 1 saturated heterocycles. The van der Waals surface area contributed by atoms with E-state index in [9.17, 15) is 9.18 Å². The summed E-state index contributed by atoms with van der Waals surface area (Å²) in [5, 5.41) is 5.83. The van der Waals surface area contributed by atoms with Crippen molar-refractivity contribution >= 4 is 6.03 Å². The molecule has 138 valence electrons. The van der Waals surface area contributed by atoms with E-state index < -0.39 is 0 Å². The summed E-state index contributed by atoms with van der Waals surface area (Å²) in [4.78, 5) is 18.7. The highest BCUT2D eigenvalue weighted by atomic mass is 19.1. The number of likely N-dealkylation sites (tertiary alicyclic amines) is 1. The van der Waals surface area contributed by atoms with Crippen LogP contribution in [0.25, 0.3) is 0 Å². The zero-order chi connectivity index (χ0) is 18.2. The minimum absolute atomic E-state index is 0.176. The van der Waals surface area contributed by atoms with E-state index in [1.165, 1.54) is 6.07 Å². The quantitative estimate of drug-likeness (QED) is 0.837. The summed E-state index contributed by atoms with van der Waals surface area (Å²) in [5.41, 5.74) is 1.69. The van der Waals surface area contributed by atoms with Crippen molar-refractivity contribution in [3.05, 3.63) is 65.7 Å². The lowest BCUT2D eigenvalue weighted by Gasteiger charge is -2.32. The van der Waals surface area contributed by atoms with E-state index >= 15 is 0 Å². The molecule has 1 aliphatic heterocycles.